The van der Waals surface area contributed by atoms with Crippen LogP contribution in [0.15, 0.2) is 42.5 Å². The largest absolute Gasteiger partial charge is 0.381 e. The molecular formula is C17H18F2N2. The first-order valence-corrected chi connectivity index (χ1v) is 7.25. The predicted molar refractivity (Wildman–Crippen MR) is 81.6 cm³/mol. The molecule has 1 fully saturated rings. The average Bonchev–Trinajstić information content (AvgIpc) is 3.03. The van der Waals surface area contributed by atoms with Gasteiger partial charge in [-0.3, -0.25) is 0 Å². The highest BCUT2D eigenvalue weighted by Gasteiger charge is 2.11. The molecular weight excluding hydrogens is 270 g/mol. The number of benzene rings is 2. The first-order valence-electron chi connectivity index (χ1n) is 7.25. The maximum Gasteiger partial charge on any atom is 0.159 e. The standard InChI is InChI=1S/C17H18F2N2/c18-16-8-3-13(11-17(16)19)12-20-14-4-6-15(7-5-14)21-9-1-2-10-21/h3-8,11,20H,1-2,9-10,12H2. The molecule has 0 radical (unpaired) electrons. The second-order valence-electron chi connectivity index (χ2n) is 5.34. The summed E-state index contributed by atoms with van der Waals surface area (Å²) in [7, 11) is 0. The molecule has 0 bridgehead atoms. The lowest BCUT2D eigenvalue weighted by Gasteiger charge is -2.18. The van der Waals surface area contributed by atoms with E-state index in [4.69, 9.17) is 0 Å². The van der Waals surface area contributed by atoms with Gasteiger partial charge in [-0.15, -0.1) is 0 Å². The molecule has 0 amide bonds. The summed E-state index contributed by atoms with van der Waals surface area (Å²) in [5.74, 6) is -1.62. The predicted octanol–water partition coefficient (Wildman–Crippen LogP) is 4.18. The quantitative estimate of drug-likeness (QED) is 0.908. The first-order chi connectivity index (χ1) is 10.2. The van der Waals surface area contributed by atoms with Crippen LogP contribution < -0.4 is 10.2 Å². The van der Waals surface area contributed by atoms with E-state index >= 15 is 0 Å². The van der Waals surface area contributed by atoms with Gasteiger partial charge in [-0.1, -0.05) is 6.07 Å². The minimum absolute atomic E-state index is 0.472. The molecule has 110 valence electrons. The Hall–Kier alpha value is -2.10. The molecule has 0 spiro atoms. The van der Waals surface area contributed by atoms with Crippen molar-refractivity contribution in [3.63, 3.8) is 0 Å². The lowest BCUT2D eigenvalue weighted by atomic mass is 10.2. The van der Waals surface area contributed by atoms with Crippen LogP contribution in [0.5, 0.6) is 0 Å². The third-order valence-electron chi connectivity index (χ3n) is 3.82. The minimum Gasteiger partial charge on any atom is -0.381 e. The molecule has 1 aliphatic rings. The first kappa shape index (κ1) is 13.9. The Morgan fingerprint density at radius 3 is 2.29 bits per heavy atom. The molecule has 0 aliphatic carbocycles. The van der Waals surface area contributed by atoms with Crippen LogP contribution in [0.2, 0.25) is 0 Å². The van der Waals surface area contributed by atoms with Gasteiger partial charge in [0.05, 0.1) is 0 Å². The highest BCUT2D eigenvalue weighted by Crippen LogP contribution is 2.22. The van der Waals surface area contributed by atoms with E-state index in [1.807, 2.05) is 12.1 Å². The summed E-state index contributed by atoms with van der Waals surface area (Å²) < 4.78 is 26.0. The van der Waals surface area contributed by atoms with Gasteiger partial charge in [0, 0.05) is 31.0 Å². The second kappa shape index (κ2) is 6.12. The fourth-order valence-electron chi connectivity index (χ4n) is 2.62. The van der Waals surface area contributed by atoms with Crippen molar-refractivity contribution in [2.24, 2.45) is 0 Å². The number of nitrogens with one attached hydrogen (secondary N) is 1. The summed E-state index contributed by atoms with van der Waals surface area (Å²) in [4.78, 5) is 2.37. The van der Waals surface area contributed by atoms with Crippen LogP contribution in [0.3, 0.4) is 0 Å². The second-order valence-corrected chi connectivity index (χ2v) is 5.34. The van der Waals surface area contributed by atoms with Crippen molar-refractivity contribution >= 4 is 11.4 Å². The molecule has 1 heterocycles. The van der Waals surface area contributed by atoms with E-state index in [0.717, 1.165) is 30.4 Å². The van der Waals surface area contributed by atoms with Gasteiger partial charge in [0.15, 0.2) is 11.6 Å². The van der Waals surface area contributed by atoms with Gasteiger partial charge in [-0.2, -0.15) is 0 Å². The third-order valence-corrected chi connectivity index (χ3v) is 3.82. The van der Waals surface area contributed by atoms with Crippen LogP contribution in [0.4, 0.5) is 20.2 Å². The summed E-state index contributed by atoms with van der Waals surface area (Å²) in [6.45, 7) is 2.73. The molecule has 1 saturated heterocycles. The zero-order valence-corrected chi connectivity index (χ0v) is 11.8. The Bertz CT molecular complexity index is 605. The van der Waals surface area contributed by atoms with Crippen molar-refractivity contribution in [2.45, 2.75) is 19.4 Å². The van der Waals surface area contributed by atoms with E-state index < -0.39 is 11.6 Å². The maximum atomic E-state index is 13.1. The molecule has 0 atom stereocenters. The average molecular weight is 288 g/mol. The lowest BCUT2D eigenvalue weighted by molar-refractivity contribution is 0.507. The fourth-order valence-corrected chi connectivity index (χ4v) is 2.62. The number of nitrogens with zero attached hydrogens (tertiary/aromatic N) is 1. The van der Waals surface area contributed by atoms with Crippen molar-refractivity contribution in [2.75, 3.05) is 23.3 Å². The van der Waals surface area contributed by atoms with Crippen LogP contribution in [0.25, 0.3) is 0 Å². The number of hydrogen-bond donors (Lipinski definition) is 1. The normalized spacial score (nSPS) is 14.5. The van der Waals surface area contributed by atoms with Gasteiger partial charge in [-0.05, 0) is 54.8 Å². The van der Waals surface area contributed by atoms with Gasteiger partial charge in [0.2, 0.25) is 0 Å². The van der Waals surface area contributed by atoms with Gasteiger partial charge in [0.25, 0.3) is 0 Å². The Kier molecular flexibility index (Phi) is 4.04. The molecule has 0 unspecified atom stereocenters. The van der Waals surface area contributed by atoms with E-state index in [2.05, 4.69) is 22.3 Å². The van der Waals surface area contributed by atoms with Crippen molar-refractivity contribution in [1.29, 1.82) is 0 Å². The zero-order chi connectivity index (χ0) is 14.7. The van der Waals surface area contributed by atoms with E-state index in [0.29, 0.717) is 6.54 Å². The van der Waals surface area contributed by atoms with E-state index in [1.165, 1.54) is 24.6 Å². The summed E-state index contributed by atoms with van der Waals surface area (Å²) in [6, 6.07) is 12.2. The SMILES string of the molecule is Fc1ccc(CNc2ccc(N3CCCC3)cc2)cc1F. The maximum absolute atomic E-state index is 13.1. The summed E-state index contributed by atoms with van der Waals surface area (Å²) in [5, 5.41) is 3.22. The molecule has 1 N–H and O–H groups in total. The fraction of sp³-hybridized carbons (Fsp3) is 0.294. The number of halogens is 2. The van der Waals surface area contributed by atoms with Crippen molar-refractivity contribution in [3.05, 3.63) is 59.7 Å². The van der Waals surface area contributed by atoms with Gasteiger partial charge in [0.1, 0.15) is 0 Å². The highest BCUT2D eigenvalue weighted by molar-refractivity contribution is 5.55. The van der Waals surface area contributed by atoms with Crippen molar-refractivity contribution < 1.29 is 8.78 Å². The molecule has 2 nitrogen and oxygen atoms in total. The zero-order valence-electron chi connectivity index (χ0n) is 11.8. The third kappa shape index (κ3) is 3.32. The Labute approximate surface area is 123 Å². The van der Waals surface area contributed by atoms with Gasteiger partial charge in [-0.25, -0.2) is 8.78 Å². The number of hydrogen-bond acceptors (Lipinski definition) is 2. The summed E-state index contributed by atoms with van der Waals surface area (Å²) in [6.07, 6.45) is 2.52. The number of anilines is 2. The molecule has 0 aromatic heterocycles. The monoisotopic (exact) mass is 288 g/mol. The molecule has 1 aliphatic heterocycles. The van der Waals surface area contributed by atoms with E-state index in [-0.39, 0.29) is 0 Å². The minimum atomic E-state index is -0.811. The smallest absolute Gasteiger partial charge is 0.159 e. The Morgan fingerprint density at radius 2 is 1.62 bits per heavy atom. The van der Waals surface area contributed by atoms with Crippen molar-refractivity contribution in [1.82, 2.24) is 0 Å². The molecule has 2 aromatic rings. The molecule has 2 aromatic carbocycles. The van der Waals surface area contributed by atoms with E-state index in [9.17, 15) is 8.78 Å². The van der Waals surface area contributed by atoms with Crippen LogP contribution >= 0.6 is 0 Å². The van der Waals surface area contributed by atoms with Crippen molar-refractivity contribution in [3.8, 4) is 0 Å². The number of rotatable bonds is 4. The van der Waals surface area contributed by atoms with Crippen LogP contribution in [-0.4, -0.2) is 13.1 Å². The lowest BCUT2D eigenvalue weighted by Crippen LogP contribution is -2.17. The topological polar surface area (TPSA) is 15.3 Å². The van der Waals surface area contributed by atoms with Gasteiger partial charge >= 0.3 is 0 Å². The highest BCUT2D eigenvalue weighted by atomic mass is 19.2. The van der Waals surface area contributed by atoms with Crippen LogP contribution in [0, 0.1) is 11.6 Å². The van der Waals surface area contributed by atoms with Crippen LogP contribution in [0.1, 0.15) is 18.4 Å². The van der Waals surface area contributed by atoms with Gasteiger partial charge < -0.3 is 10.2 Å². The molecule has 3 rings (SSSR count). The van der Waals surface area contributed by atoms with E-state index in [1.54, 1.807) is 6.07 Å². The summed E-state index contributed by atoms with van der Waals surface area (Å²) in [5.41, 5.74) is 2.94. The van der Waals surface area contributed by atoms with Crippen LogP contribution in [-0.2, 0) is 6.54 Å². The Balaban J connectivity index is 1.61. The molecule has 4 heteroatoms. The summed E-state index contributed by atoms with van der Waals surface area (Å²) >= 11 is 0. The molecule has 21 heavy (non-hydrogen) atoms. The molecule has 0 saturated carbocycles. The Morgan fingerprint density at radius 1 is 0.905 bits per heavy atom.